The van der Waals surface area contributed by atoms with E-state index in [2.05, 4.69) is 22.9 Å². The van der Waals surface area contributed by atoms with Gasteiger partial charge in [-0.1, -0.05) is 69.9 Å². The van der Waals surface area contributed by atoms with Gasteiger partial charge in [0.1, 0.15) is 11.7 Å². The molecule has 9 nitrogen and oxygen atoms in total. The number of rotatable bonds is 6. The number of hydrogen-bond acceptors (Lipinski definition) is 8. The second-order valence-electron chi connectivity index (χ2n) is 13.8. The summed E-state index contributed by atoms with van der Waals surface area (Å²) in [4.78, 5) is 34.7. The Balaban J connectivity index is 1.45. The molecule has 6 atom stereocenters. The summed E-state index contributed by atoms with van der Waals surface area (Å²) in [6, 6.07) is 4.54. The van der Waals surface area contributed by atoms with Gasteiger partial charge in [-0.3, -0.25) is 14.7 Å². The first kappa shape index (κ1) is 35.8. The molecule has 1 aromatic rings. The first-order valence-corrected chi connectivity index (χ1v) is 17.3. The van der Waals surface area contributed by atoms with E-state index in [9.17, 15) is 19.8 Å². The average Bonchev–Trinajstić information content (AvgIpc) is 3.34. The van der Waals surface area contributed by atoms with Gasteiger partial charge in [0, 0.05) is 56.5 Å². The Bertz CT molecular complexity index is 1200. The van der Waals surface area contributed by atoms with Gasteiger partial charge in [0.05, 0.1) is 12.5 Å². The second kappa shape index (κ2) is 17.2. The van der Waals surface area contributed by atoms with Crippen LogP contribution in [0.25, 0.3) is 0 Å². The minimum absolute atomic E-state index is 0.149. The average molecular weight is 638 g/mol. The van der Waals surface area contributed by atoms with E-state index in [1.165, 1.54) is 38.5 Å². The third kappa shape index (κ3) is 10.5. The highest BCUT2D eigenvalue weighted by atomic mass is 16.6. The maximum absolute atomic E-state index is 13.4. The smallest absolute Gasteiger partial charge is 0.410 e. The molecule has 1 amide bonds. The molecule has 3 aliphatic rings. The highest BCUT2D eigenvalue weighted by Gasteiger charge is 2.37. The number of hydrogen-bond donors (Lipinski definition) is 2. The highest BCUT2D eigenvalue weighted by Crippen LogP contribution is 2.28. The minimum atomic E-state index is -1.44. The van der Waals surface area contributed by atoms with Gasteiger partial charge in [-0.05, 0) is 62.8 Å². The van der Waals surface area contributed by atoms with Crippen molar-refractivity contribution in [3.8, 4) is 0 Å². The molecule has 46 heavy (non-hydrogen) atoms. The Kier molecular flexibility index (Phi) is 13.4. The van der Waals surface area contributed by atoms with E-state index in [1.54, 1.807) is 24.1 Å². The van der Waals surface area contributed by atoms with Gasteiger partial charge < -0.3 is 24.6 Å². The molecule has 2 N–H and O–H groups in total. The number of cyclic esters (lactones) is 1. The summed E-state index contributed by atoms with van der Waals surface area (Å²) in [7, 11) is 0. The lowest BCUT2D eigenvalue weighted by Gasteiger charge is -2.40. The molecule has 1 saturated carbocycles. The number of ether oxygens (including phenoxy) is 2. The first-order valence-electron chi connectivity index (χ1n) is 17.3. The van der Waals surface area contributed by atoms with E-state index < -0.39 is 36.0 Å². The quantitative estimate of drug-likeness (QED) is 0.171. The molecule has 0 unspecified atom stereocenters. The van der Waals surface area contributed by atoms with Crippen LogP contribution in [-0.2, 0) is 14.3 Å². The van der Waals surface area contributed by atoms with E-state index in [0.29, 0.717) is 19.1 Å². The van der Waals surface area contributed by atoms with Crippen molar-refractivity contribution in [2.75, 3.05) is 26.2 Å². The van der Waals surface area contributed by atoms with E-state index in [0.717, 1.165) is 24.2 Å². The van der Waals surface area contributed by atoms with Crippen molar-refractivity contribution in [1.82, 2.24) is 14.8 Å². The van der Waals surface area contributed by atoms with Crippen molar-refractivity contribution in [2.24, 2.45) is 5.92 Å². The number of nitrogens with zero attached hydrogens (tertiary/aromatic N) is 3. The van der Waals surface area contributed by atoms with E-state index in [1.807, 2.05) is 50.4 Å². The van der Waals surface area contributed by atoms with Crippen molar-refractivity contribution in [2.45, 2.75) is 121 Å². The largest absolute Gasteiger partial charge is 0.457 e. The number of amides is 1. The molecule has 0 bridgehead atoms. The van der Waals surface area contributed by atoms with Crippen LogP contribution in [0.4, 0.5) is 4.79 Å². The standard InChI is InChI=1S/C37H55N3O6/c1-27(30-13-10-20-38-26-30)11-9-12-28(2)35-29(3)16-17-33(37(4,44)19-18-32(41)25-34(42)46-35)45-36(43)40-23-21-39(22-24-40)31-14-7-5-6-8-15-31/h9-13,16-17,20,26-27,29,31-33,35,41,44H,5-8,14-15,18-19,21-25H2,1-4H3/b11-9+,17-16-,28-12+/t27-,29-,32+,33-,35+,37+/m0/s1. The second-order valence-corrected chi connectivity index (χ2v) is 13.8. The minimum Gasteiger partial charge on any atom is -0.457 e. The topological polar surface area (TPSA) is 112 Å². The summed E-state index contributed by atoms with van der Waals surface area (Å²) < 4.78 is 11.9. The first-order chi connectivity index (χ1) is 22.0. The third-order valence-corrected chi connectivity index (χ3v) is 9.88. The number of esters is 1. The number of aliphatic hydroxyl groups is 2. The molecule has 2 aliphatic heterocycles. The Morgan fingerprint density at radius 2 is 1.85 bits per heavy atom. The van der Waals surface area contributed by atoms with Crippen LogP contribution in [0.15, 0.2) is 60.5 Å². The molecule has 2 fully saturated rings. The predicted molar refractivity (Wildman–Crippen MR) is 179 cm³/mol. The molecule has 1 aromatic heterocycles. The number of carbonyl (C=O) groups excluding carboxylic acids is 2. The normalized spacial score (nSPS) is 31.3. The number of piperazine rings is 1. The van der Waals surface area contributed by atoms with Crippen LogP contribution >= 0.6 is 0 Å². The van der Waals surface area contributed by atoms with E-state index in [-0.39, 0.29) is 31.1 Å². The molecule has 9 heteroatoms. The summed E-state index contributed by atoms with van der Waals surface area (Å²) in [6.07, 6.45) is 17.9. The fraction of sp³-hybridized carbons (Fsp3) is 0.649. The monoisotopic (exact) mass is 637 g/mol. The third-order valence-electron chi connectivity index (χ3n) is 9.88. The number of carbonyl (C=O) groups is 2. The Morgan fingerprint density at radius 1 is 1.13 bits per heavy atom. The molecule has 3 heterocycles. The summed E-state index contributed by atoms with van der Waals surface area (Å²) in [5.41, 5.74) is 0.490. The zero-order chi connectivity index (χ0) is 33.1. The van der Waals surface area contributed by atoms with Crippen LogP contribution in [0.5, 0.6) is 0 Å². The Labute approximate surface area is 275 Å². The molecule has 254 valence electrons. The summed E-state index contributed by atoms with van der Waals surface area (Å²) in [5, 5.41) is 22.1. The van der Waals surface area contributed by atoms with Crippen LogP contribution < -0.4 is 0 Å². The van der Waals surface area contributed by atoms with Crippen molar-refractivity contribution < 1.29 is 29.3 Å². The molecule has 1 aliphatic carbocycles. The van der Waals surface area contributed by atoms with Crippen LogP contribution in [0.3, 0.4) is 0 Å². The number of pyridine rings is 1. The van der Waals surface area contributed by atoms with Crippen LogP contribution in [-0.4, -0.2) is 93.2 Å². The molecular formula is C37H55N3O6. The van der Waals surface area contributed by atoms with Gasteiger partial charge in [-0.2, -0.15) is 0 Å². The summed E-state index contributed by atoms with van der Waals surface area (Å²) in [5.74, 6) is -0.632. The Morgan fingerprint density at radius 3 is 2.52 bits per heavy atom. The van der Waals surface area contributed by atoms with Gasteiger partial charge in [-0.25, -0.2) is 4.79 Å². The fourth-order valence-electron chi connectivity index (χ4n) is 6.75. The zero-order valence-corrected chi connectivity index (χ0v) is 28.2. The van der Waals surface area contributed by atoms with Gasteiger partial charge in [0.15, 0.2) is 6.10 Å². The van der Waals surface area contributed by atoms with Crippen molar-refractivity contribution in [3.05, 3.63) is 66.0 Å². The van der Waals surface area contributed by atoms with Crippen molar-refractivity contribution >= 4 is 12.1 Å². The van der Waals surface area contributed by atoms with Crippen LogP contribution in [0.2, 0.25) is 0 Å². The van der Waals surface area contributed by atoms with E-state index in [4.69, 9.17) is 9.47 Å². The van der Waals surface area contributed by atoms with Crippen LogP contribution in [0.1, 0.15) is 97.0 Å². The summed E-state index contributed by atoms with van der Waals surface area (Å²) in [6.45, 7) is 10.4. The van der Waals surface area contributed by atoms with Gasteiger partial charge in [0.2, 0.25) is 0 Å². The SMILES string of the molecule is C/C(=C\C=C\[C@H](C)c1cccnc1)[C@H]1OC(=O)C[C@H](O)CC[C@@](C)(O)[C@@H](OC(=O)N2CCN(C3CCCCCC3)CC2)/C=C\[C@@H]1C. The molecule has 0 spiro atoms. The lowest BCUT2D eigenvalue weighted by molar-refractivity contribution is -0.151. The summed E-state index contributed by atoms with van der Waals surface area (Å²) >= 11 is 0. The molecule has 0 aromatic carbocycles. The zero-order valence-electron chi connectivity index (χ0n) is 28.2. The maximum Gasteiger partial charge on any atom is 0.410 e. The number of aromatic nitrogens is 1. The van der Waals surface area contributed by atoms with Gasteiger partial charge in [0.25, 0.3) is 0 Å². The highest BCUT2D eigenvalue weighted by molar-refractivity contribution is 5.70. The number of allylic oxidation sites excluding steroid dienone is 3. The predicted octanol–water partition coefficient (Wildman–Crippen LogP) is 5.93. The molecule has 0 radical (unpaired) electrons. The fourth-order valence-corrected chi connectivity index (χ4v) is 6.75. The lowest BCUT2D eigenvalue weighted by Crippen LogP contribution is -2.53. The number of aliphatic hydroxyl groups excluding tert-OH is 1. The van der Waals surface area contributed by atoms with Crippen LogP contribution in [0, 0.1) is 5.92 Å². The molecular weight excluding hydrogens is 582 g/mol. The maximum atomic E-state index is 13.4. The molecule has 4 rings (SSSR count). The van der Waals surface area contributed by atoms with Gasteiger partial charge in [-0.15, -0.1) is 0 Å². The lowest BCUT2D eigenvalue weighted by atomic mass is 9.88. The van der Waals surface area contributed by atoms with Crippen molar-refractivity contribution in [1.29, 1.82) is 0 Å². The van der Waals surface area contributed by atoms with E-state index >= 15 is 0 Å². The molecule has 1 saturated heterocycles. The Hall–Kier alpha value is -3.01. The van der Waals surface area contributed by atoms with Gasteiger partial charge >= 0.3 is 12.1 Å². The van der Waals surface area contributed by atoms with Crippen molar-refractivity contribution in [3.63, 3.8) is 0 Å².